The van der Waals surface area contributed by atoms with E-state index in [1.807, 2.05) is 6.92 Å². The molecule has 5 nitrogen and oxygen atoms in total. The Hall–Kier alpha value is -1.14. The average Bonchev–Trinajstić information content (AvgIpc) is 2.26. The highest BCUT2D eigenvalue weighted by atomic mass is 32.2. The first-order valence-electron chi connectivity index (χ1n) is 4.21. The van der Waals surface area contributed by atoms with E-state index in [1.54, 1.807) is 18.6 Å². The maximum absolute atomic E-state index is 11.2. The number of rotatable bonds is 4. The van der Waals surface area contributed by atoms with E-state index in [2.05, 4.69) is 15.4 Å². The fraction of sp³-hybridized carbons (Fsp3) is 0.375. The molecule has 1 aromatic heterocycles. The number of nitrogens with one attached hydrogen (secondary N) is 1. The van der Waals surface area contributed by atoms with Crippen molar-refractivity contribution in [3.05, 3.63) is 18.6 Å². The van der Waals surface area contributed by atoms with Gasteiger partial charge in [-0.2, -0.15) is 0 Å². The smallest absolute Gasteiger partial charge is 0.247 e. The van der Waals surface area contributed by atoms with Crippen LogP contribution in [0.2, 0.25) is 0 Å². The Morgan fingerprint density at radius 3 is 3.00 bits per heavy atom. The van der Waals surface area contributed by atoms with Crippen molar-refractivity contribution in [1.29, 1.82) is 0 Å². The molecule has 14 heavy (non-hydrogen) atoms. The third-order valence-electron chi connectivity index (χ3n) is 1.61. The highest BCUT2D eigenvalue weighted by Crippen LogP contribution is 2.22. The van der Waals surface area contributed by atoms with E-state index in [1.165, 1.54) is 11.8 Å². The van der Waals surface area contributed by atoms with Crippen molar-refractivity contribution >= 4 is 17.7 Å². The molecular formula is C8H12N4OS. The number of aromatic nitrogens is 2. The first-order chi connectivity index (χ1) is 6.77. The first kappa shape index (κ1) is 10.9. The largest absolute Gasteiger partial charge is 0.293 e. The molecule has 1 aromatic rings. The Kier molecular flexibility index (Phi) is 4.34. The lowest BCUT2D eigenvalue weighted by Crippen LogP contribution is -2.37. The van der Waals surface area contributed by atoms with Crippen LogP contribution in [-0.4, -0.2) is 21.1 Å². The molecule has 0 saturated heterocycles. The van der Waals surface area contributed by atoms with E-state index in [0.29, 0.717) is 6.42 Å². The van der Waals surface area contributed by atoms with Gasteiger partial charge in [-0.05, 0) is 6.42 Å². The number of nitrogens with zero attached hydrogens (tertiary/aromatic N) is 2. The van der Waals surface area contributed by atoms with Gasteiger partial charge < -0.3 is 0 Å². The summed E-state index contributed by atoms with van der Waals surface area (Å²) in [4.78, 5) is 19.2. The number of hydrogen-bond acceptors (Lipinski definition) is 5. The Labute approximate surface area is 86.5 Å². The minimum absolute atomic E-state index is 0.192. The Balaban J connectivity index is 2.62. The van der Waals surface area contributed by atoms with Crippen molar-refractivity contribution in [2.45, 2.75) is 23.6 Å². The van der Waals surface area contributed by atoms with Gasteiger partial charge in [0.1, 0.15) is 5.03 Å². The zero-order valence-corrected chi connectivity index (χ0v) is 8.62. The summed E-state index contributed by atoms with van der Waals surface area (Å²) in [6, 6.07) is 0. The molecule has 0 aliphatic rings. The molecule has 6 heteroatoms. The number of hydrazine groups is 1. The van der Waals surface area contributed by atoms with Crippen LogP contribution in [0.25, 0.3) is 0 Å². The normalized spacial score (nSPS) is 12.1. The lowest BCUT2D eigenvalue weighted by atomic mass is 10.3. The molecule has 1 unspecified atom stereocenters. The highest BCUT2D eigenvalue weighted by Gasteiger charge is 2.16. The van der Waals surface area contributed by atoms with Gasteiger partial charge in [0.05, 0.1) is 11.4 Å². The third kappa shape index (κ3) is 2.97. The molecule has 76 valence electrons. The SMILES string of the molecule is CCC(Sc1cnccn1)C(=O)NN. The van der Waals surface area contributed by atoms with Crippen molar-refractivity contribution < 1.29 is 4.79 Å². The second kappa shape index (κ2) is 5.56. The minimum Gasteiger partial charge on any atom is -0.293 e. The van der Waals surface area contributed by atoms with Crippen LogP contribution in [-0.2, 0) is 4.79 Å². The number of carbonyl (C=O) groups is 1. The summed E-state index contributed by atoms with van der Waals surface area (Å²) in [6.45, 7) is 1.92. The predicted octanol–water partition coefficient (Wildman–Crippen LogP) is 0.337. The van der Waals surface area contributed by atoms with Crippen molar-refractivity contribution in [3.8, 4) is 0 Å². The fourth-order valence-corrected chi connectivity index (χ4v) is 1.78. The summed E-state index contributed by atoms with van der Waals surface area (Å²) < 4.78 is 0. The molecule has 0 radical (unpaired) electrons. The molecule has 0 saturated carbocycles. The fourth-order valence-electron chi connectivity index (χ4n) is 0.907. The van der Waals surface area contributed by atoms with E-state index in [0.717, 1.165) is 5.03 Å². The molecule has 0 aliphatic carbocycles. The van der Waals surface area contributed by atoms with Crippen LogP contribution in [0.15, 0.2) is 23.6 Å². The van der Waals surface area contributed by atoms with E-state index < -0.39 is 0 Å². The van der Waals surface area contributed by atoms with Gasteiger partial charge in [-0.25, -0.2) is 10.8 Å². The molecular weight excluding hydrogens is 200 g/mol. The minimum atomic E-state index is -0.211. The van der Waals surface area contributed by atoms with Gasteiger partial charge in [-0.3, -0.25) is 15.2 Å². The molecule has 1 atom stereocenters. The monoisotopic (exact) mass is 212 g/mol. The van der Waals surface area contributed by atoms with Crippen LogP contribution in [0, 0.1) is 0 Å². The van der Waals surface area contributed by atoms with Gasteiger partial charge >= 0.3 is 0 Å². The summed E-state index contributed by atoms with van der Waals surface area (Å²) >= 11 is 1.36. The van der Waals surface area contributed by atoms with Crippen molar-refractivity contribution in [1.82, 2.24) is 15.4 Å². The van der Waals surface area contributed by atoms with E-state index in [-0.39, 0.29) is 11.2 Å². The lowest BCUT2D eigenvalue weighted by Gasteiger charge is -2.10. The van der Waals surface area contributed by atoms with Crippen LogP contribution in [0.5, 0.6) is 0 Å². The lowest BCUT2D eigenvalue weighted by molar-refractivity contribution is -0.120. The number of hydrogen-bond donors (Lipinski definition) is 2. The summed E-state index contributed by atoms with van der Waals surface area (Å²) in [5.41, 5.74) is 2.13. The van der Waals surface area contributed by atoms with Crippen LogP contribution in [0.3, 0.4) is 0 Å². The van der Waals surface area contributed by atoms with Crippen molar-refractivity contribution in [2.24, 2.45) is 5.84 Å². The van der Waals surface area contributed by atoms with Crippen LogP contribution >= 0.6 is 11.8 Å². The van der Waals surface area contributed by atoms with E-state index in [4.69, 9.17) is 5.84 Å². The van der Waals surface area contributed by atoms with Crippen molar-refractivity contribution in [3.63, 3.8) is 0 Å². The van der Waals surface area contributed by atoms with Crippen molar-refractivity contribution in [2.75, 3.05) is 0 Å². The van der Waals surface area contributed by atoms with Gasteiger partial charge in [0.2, 0.25) is 5.91 Å². The molecule has 0 bridgehead atoms. The topological polar surface area (TPSA) is 80.9 Å². The van der Waals surface area contributed by atoms with Gasteiger partial charge in [-0.15, -0.1) is 0 Å². The standard InChI is InChI=1S/C8H12N4OS/c1-2-6(8(13)12-9)14-7-5-10-3-4-11-7/h3-6H,2,9H2,1H3,(H,12,13). The predicted molar refractivity (Wildman–Crippen MR) is 54.3 cm³/mol. The first-order valence-corrected chi connectivity index (χ1v) is 5.09. The second-order valence-corrected chi connectivity index (χ2v) is 3.79. The molecule has 0 spiro atoms. The Morgan fingerprint density at radius 1 is 1.71 bits per heavy atom. The van der Waals surface area contributed by atoms with Gasteiger partial charge in [0.25, 0.3) is 0 Å². The highest BCUT2D eigenvalue weighted by molar-refractivity contribution is 8.00. The maximum Gasteiger partial charge on any atom is 0.247 e. The number of nitrogens with two attached hydrogens (primary N) is 1. The number of amides is 1. The summed E-state index contributed by atoms with van der Waals surface area (Å²) in [7, 11) is 0. The number of thioether (sulfide) groups is 1. The van der Waals surface area contributed by atoms with Gasteiger partial charge in [0.15, 0.2) is 0 Å². The zero-order chi connectivity index (χ0) is 10.4. The molecule has 0 aliphatic heterocycles. The van der Waals surface area contributed by atoms with Crippen LogP contribution < -0.4 is 11.3 Å². The molecule has 0 aromatic carbocycles. The van der Waals surface area contributed by atoms with Gasteiger partial charge in [-0.1, -0.05) is 18.7 Å². The molecule has 0 fully saturated rings. The quantitative estimate of drug-likeness (QED) is 0.325. The van der Waals surface area contributed by atoms with E-state index in [9.17, 15) is 4.79 Å². The maximum atomic E-state index is 11.2. The average molecular weight is 212 g/mol. The number of carbonyl (C=O) groups excluding carboxylic acids is 1. The molecule has 1 heterocycles. The molecule has 1 rings (SSSR count). The van der Waals surface area contributed by atoms with Crippen LogP contribution in [0.1, 0.15) is 13.3 Å². The molecule has 3 N–H and O–H groups in total. The third-order valence-corrected chi connectivity index (χ3v) is 2.89. The van der Waals surface area contributed by atoms with Crippen LogP contribution in [0.4, 0.5) is 0 Å². The second-order valence-electron chi connectivity index (χ2n) is 2.57. The summed E-state index contributed by atoms with van der Waals surface area (Å²) in [5, 5.41) is 0.514. The Morgan fingerprint density at radius 2 is 2.50 bits per heavy atom. The summed E-state index contributed by atoms with van der Waals surface area (Å²) in [6.07, 6.45) is 5.50. The Bertz CT molecular complexity index is 293. The summed E-state index contributed by atoms with van der Waals surface area (Å²) in [5.74, 6) is 4.86. The van der Waals surface area contributed by atoms with Gasteiger partial charge in [0, 0.05) is 12.4 Å². The zero-order valence-electron chi connectivity index (χ0n) is 7.80. The molecule has 1 amide bonds. The van der Waals surface area contributed by atoms with E-state index >= 15 is 0 Å².